The molecule has 0 spiro atoms. The summed E-state index contributed by atoms with van der Waals surface area (Å²) in [7, 11) is 1.52. The molecule has 30 heavy (non-hydrogen) atoms. The highest BCUT2D eigenvalue weighted by Gasteiger charge is 2.13. The summed E-state index contributed by atoms with van der Waals surface area (Å²) in [5.74, 6) is 0.622. The molecule has 0 radical (unpaired) electrons. The molecule has 150 valence electrons. The highest BCUT2D eigenvalue weighted by Crippen LogP contribution is 2.26. The molecule has 0 amide bonds. The van der Waals surface area contributed by atoms with Crippen molar-refractivity contribution in [3.05, 3.63) is 89.3 Å². The maximum absolute atomic E-state index is 12.8. The van der Waals surface area contributed by atoms with Gasteiger partial charge in [-0.1, -0.05) is 42.5 Å². The Kier molecular flexibility index (Phi) is 5.48. The van der Waals surface area contributed by atoms with Gasteiger partial charge >= 0.3 is 5.97 Å². The zero-order chi connectivity index (χ0) is 20.9. The SMILES string of the molecule is COc1ccccc1OCC(=O)Oc1ccc2c(=O)c(-c3ccccc3)coc2c1. The van der Waals surface area contributed by atoms with E-state index in [-0.39, 0.29) is 17.8 Å². The lowest BCUT2D eigenvalue weighted by Gasteiger charge is -2.10. The van der Waals surface area contributed by atoms with E-state index in [9.17, 15) is 9.59 Å². The standard InChI is InChI=1S/C24H18O6/c1-27-20-9-5-6-10-21(20)29-15-23(25)30-17-11-12-18-22(13-17)28-14-19(24(18)26)16-7-3-2-4-8-16/h2-14H,15H2,1H3. The first-order valence-corrected chi connectivity index (χ1v) is 9.23. The van der Waals surface area contributed by atoms with Crippen LogP contribution in [-0.2, 0) is 4.79 Å². The van der Waals surface area contributed by atoms with Gasteiger partial charge in [-0.25, -0.2) is 4.79 Å². The van der Waals surface area contributed by atoms with Crippen molar-refractivity contribution in [1.29, 1.82) is 0 Å². The minimum Gasteiger partial charge on any atom is -0.493 e. The summed E-state index contributed by atoms with van der Waals surface area (Å²) in [6.45, 7) is -0.296. The molecule has 0 atom stereocenters. The minimum atomic E-state index is -0.594. The number of ether oxygens (including phenoxy) is 3. The van der Waals surface area contributed by atoms with Crippen molar-refractivity contribution < 1.29 is 23.4 Å². The number of hydrogen-bond acceptors (Lipinski definition) is 6. The first kappa shape index (κ1) is 19.3. The van der Waals surface area contributed by atoms with Gasteiger partial charge in [0.2, 0.25) is 0 Å². The van der Waals surface area contributed by atoms with Crippen LogP contribution in [0.5, 0.6) is 17.2 Å². The summed E-state index contributed by atoms with van der Waals surface area (Å²) in [5, 5.41) is 0.404. The third kappa shape index (κ3) is 4.03. The molecule has 3 aromatic carbocycles. The normalized spacial score (nSPS) is 10.6. The Labute approximate surface area is 172 Å². The largest absolute Gasteiger partial charge is 0.493 e. The summed E-state index contributed by atoms with van der Waals surface area (Å²) in [6.07, 6.45) is 1.41. The number of carbonyl (C=O) groups is 1. The van der Waals surface area contributed by atoms with Gasteiger partial charge in [0, 0.05) is 6.07 Å². The second kappa shape index (κ2) is 8.53. The number of benzene rings is 3. The molecule has 6 nitrogen and oxygen atoms in total. The third-order valence-corrected chi connectivity index (χ3v) is 4.48. The van der Waals surface area contributed by atoms with E-state index in [1.807, 2.05) is 30.3 Å². The minimum absolute atomic E-state index is 0.153. The second-order valence-electron chi connectivity index (χ2n) is 6.42. The number of rotatable bonds is 6. The first-order chi connectivity index (χ1) is 14.7. The van der Waals surface area contributed by atoms with Gasteiger partial charge in [0.1, 0.15) is 17.6 Å². The maximum Gasteiger partial charge on any atom is 0.349 e. The van der Waals surface area contributed by atoms with Gasteiger partial charge < -0.3 is 18.6 Å². The zero-order valence-electron chi connectivity index (χ0n) is 16.2. The lowest BCUT2D eigenvalue weighted by Crippen LogP contribution is -2.18. The van der Waals surface area contributed by atoms with Crippen LogP contribution >= 0.6 is 0 Å². The molecule has 4 aromatic rings. The van der Waals surface area contributed by atoms with E-state index < -0.39 is 5.97 Å². The Hall–Kier alpha value is -4.06. The second-order valence-corrected chi connectivity index (χ2v) is 6.42. The molecule has 0 fully saturated rings. The number of carbonyl (C=O) groups excluding carboxylic acids is 1. The fraction of sp³-hybridized carbons (Fsp3) is 0.0833. The number of hydrogen-bond donors (Lipinski definition) is 0. The monoisotopic (exact) mass is 402 g/mol. The summed E-state index contributed by atoms with van der Waals surface area (Å²) in [6, 6.07) is 20.9. The van der Waals surface area contributed by atoms with E-state index in [2.05, 4.69) is 0 Å². The Morgan fingerprint density at radius 3 is 2.43 bits per heavy atom. The van der Waals surface area contributed by atoms with Gasteiger partial charge in [-0.05, 0) is 29.8 Å². The van der Waals surface area contributed by atoms with Crippen LogP contribution in [-0.4, -0.2) is 19.7 Å². The fourth-order valence-corrected chi connectivity index (χ4v) is 3.02. The Bertz CT molecular complexity index is 1240. The molecular formula is C24H18O6. The van der Waals surface area contributed by atoms with Crippen LogP contribution in [0.3, 0.4) is 0 Å². The topological polar surface area (TPSA) is 75.0 Å². The van der Waals surface area contributed by atoms with E-state index in [0.29, 0.717) is 28.0 Å². The predicted molar refractivity (Wildman–Crippen MR) is 112 cm³/mol. The van der Waals surface area contributed by atoms with Gasteiger partial charge in [-0.3, -0.25) is 4.79 Å². The molecule has 6 heteroatoms. The summed E-state index contributed by atoms with van der Waals surface area (Å²) in [5.41, 5.74) is 1.42. The molecule has 4 rings (SSSR count). The molecule has 0 saturated carbocycles. The molecule has 0 aliphatic heterocycles. The van der Waals surface area contributed by atoms with Gasteiger partial charge in [-0.15, -0.1) is 0 Å². The van der Waals surface area contributed by atoms with Crippen molar-refractivity contribution >= 4 is 16.9 Å². The lowest BCUT2D eigenvalue weighted by atomic mass is 10.1. The quantitative estimate of drug-likeness (QED) is 0.350. The van der Waals surface area contributed by atoms with E-state index >= 15 is 0 Å². The van der Waals surface area contributed by atoms with Crippen LogP contribution in [0.4, 0.5) is 0 Å². The number of para-hydroxylation sites is 2. The first-order valence-electron chi connectivity index (χ1n) is 9.23. The third-order valence-electron chi connectivity index (χ3n) is 4.48. The van der Waals surface area contributed by atoms with E-state index in [0.717, 1.165) is 5.56 Å². The van der Waals surface area contributed by atoms with Gasteiger partial charge in [0.05, 0.1) is 18.1 Å². The molecule has 0 aliphatic carbocycles. The molecule has 1 heterocycles. The maximum atomic E-state index is 12.8. The number of methoxy groups -OCH3 is 1. The molecule has 0 aliphatic rings. The van der Waals surface area contributed by atoms with Crippen molar-refractivity contribution in [3.8, 4) is 28.4 Å². The molecular weight excluding hydrogens is 384 g/mol. The Morgan fingerprint density at radius 1 is 0.933 bits per heavy atom. The number of esters is 1. The zero-order valence-corrected chi connectivity index (χ0v) is 16.2. The van der Waals surface area contributed by atoms with Crippen LogP contribution in [0.15, 0.2) is 88.3 Å². The molecule has 0 bridgehead atoms. The highest BCUT2D eigenvalue weighted by atomic mass is 16.6. The molecule has 0 saturated heterocycles. The van der Waals surface area contributed by atoms with E-state index in [1.165, 1.54) is 19.4 Å². The van der Waals surface area contributed by atoms with Crippen molar-refractivity contribution in [2.45, 2.75) is 0 Å². The van der Waals surface area contributed by atoms with Gasteiger partial charge in [0.15, 0.2) is 23.5 Å². The van der Waals surface area contributed by atoms with Crippen molar-refractivity contribution in [3.63, 3.8) is 0 Å². The molecule has 0 N–H and O–H groups in total. The average molecular weight is 402 g/mol. The smallest absolute Gasteiger partial charge is 0.349 e. The van der Waals surface area contributed by atoms with Gasteiger partial charge in [-0.2, -0.15) is 0 Å². The average Bonchev–Trinajstić information content (AvgIpc) is 2.78. The van der Waals surface area contributed by atoms with Crippen molar-refractivity contribution in [2.75, 3.05) is 13.7 Å². The molecule has 1 aromatic heterocycles. The summed E-state index contributed by atoms with van der Waals surface area (Å²) >= 11 is 0. The van der Waals surface area contributed by atoms with Crippen LogP contribution in [0, 0.1) is 0 Å². The summed E-state index contributed by atoms with van der Waals surface area (Å²) < 4.78 is 21.6. The Balaban J connectivity index is 1.50. The molecule has 0 unspecified atom stereocenters. The van der Waals surface area contributed by atoms with E-state index in [1.54, 1.807) is 36.4 Å². The van der Waals surface area contributed by atoms with Crippen LogP contribution < -0.4 is 19.6 Å². The van der Waals surface area contributed by atoms with Crippen LogP contribution in [0.1, 0.15) is 0 Å². The number of fused-ring (bicyclic) bond motifs is 1. The predicted octanol–water partition coefficient (Wildman–Crippen LogP) is 4.45. The van der Waals surface area contributed by atoms with E-state index in [4.69, 9.17) is 18.6 Å². The summed E-state index contributed by atoms with van der Waals surface area (Å²) in [4.78, 5) is 24.9. The van der Waals surface area contributed by atoms with Crippen molar-refractivity contribution in [1.82, 2.24) is 0 Å². The highest BCUT2D eigenvalue weighted by molar-refractivity contribution is 5.83. The lowest BCUT2D eigenvalue weighted by molar-refractivity contribution is -0.136. The fourth-order valence-electron chi connectivity index (χ4n) is 3.02. The van der Waals surface area contributed by atoms with Crippen molar-refractivity contribution in [2.24, 2.45) is 0 Å². The van der Waals surface area contributed by atoms with Crippen LogP contribution in [0.25, 0.3) is 22.1 Å². The van der Waals surface area contributed by atoms with Crippen LogP contribution in [0.2, 0.25) is 0 Å². The van der Waals surface area contributed by atoms with Gasteiger partial charge in [0.25, 0.3) is 0 Å². The Morgan fingerprint density at radius 2 is 1.67 bits per heavy atom.